The highest BCUT2D eigenvalue weighted by Crippen LogP contribution is 2.30. The number of amides is 5. The van der Waals surface area contributed by atoms with Crippen LogP contribution in [0, 0.1) is 0 Å². The van der Waals surface area contributed by atoms with Crippen LogP contribution in [0.2, 0.25) is 0 Å². The Morgan fingerprint density at radius 3 is 2.42 bits per heavy atom. The molecule has 5 amide bonds. The van der Waals surface area contributed by atoms with Crippen LogP contribution in [0.5, 0.6) is 0 Å². The molecule has 1 saturated heterocycles. The Morgan fingerprint density at radius 2 is 1.65 bits per heavy atom. The van der Waals surface area contributed by atoms with Gasteiger partial charge in [-0.3, -0.25) is 39.2 Å². The third kappa shape index (κ3) is 8.23. The van der Waals surface area contributed by atoms with E-state index < -0.39 is 47.7 Å². The molecule has 0 aliphatic carbocycles. The van der Waals surface area contributed by atoms with Crippen LogP contribution in [0.4, 0.5) is 14.5 Å². The molecule has 2 aliphatic rings. The highest BCUT2D eigenvalue weighted by Gasteiger charge is 2.44. The molecule has 0 saturated carbocycles. The zero-order chi connectivity index (χ0) is 38.5. The first-order valence-electron chi connectivity index (χ1n) is 17.7. The Kier molecular flexibility index (Phi) is 10.9. The van der Waals surface area contributed by atoms with Crippen molar-refractivity contribution in [3.63, 3.8) is 0 Å². The lowest BCUT2D eigenvalue weighted by atomic mass is 10.0. The minimum absolute atomic E-state index is 0.0671. The molecule has 282 valence electrons. The van der Waals surface area contributed by atoms with Gasteiger partial charge in [-0.15, -0.1) is 0 Å². The predicted octanol–water partition coefficient (Wildman–Crippen LogP) is 5.49. The number of fused-ring (bicyclic) bond motifs is 1. The maximum absolute atomic E-state index is 13.9. The summed E-state index contributed by atoms with van der Waals surface area (Å²) in [5.74, 6) is -2.64. The van der Waals surface area contributed by atoms with Crippen LogP contribution in [0.3, 0.4) is 0 Å². The number of hydrogen-bond acceptors (Lipinski definition) is 10. The molecule has 0 radical (unpaired) electrons. The second-order valence-electron chi connectivity index (χ2n) is 13.1. The van der Waals surface area contributed by atoms with Crippen molar-refractivity contribution in [1.82, 2.24) is 30.0 Å². The van der Waals surface area contributed by atoms with Crippen molar-refractivity contribution in [2.45, 2.75) is 57.4 Å². The van der Waals surface area contributed by atoms with E-state index >= 15 is 0 Å². The van der Waals surface area contributed by atoms with E-state index in [1.165, 1.54) is 10.9 Å². The summed E-state index contributed by atoms with van der Waals surface area (Å²) in [6, 6.07) is 14.8. The van der Waals surface area contributed by atoms with Gasteiger partial charge in [0.1, 0.15) is 12.3 Å². The van der Waals surface area contributed by atoms with Crippen molar-refractivity contribution in [3.8, 4) is 17.1 Å². The van der Waals surface area contributed by atoms with Crippen LogP contribution in [-0.2, 0) is 27.2 Å². The SMILES string of the molecule is O=C1CCC(N2C(=O)c3ccc(CCCOCCCCc4ccc(-n5cc(NC(=O)c6coc(-c7ccncc7)n6)c(C(F)F)n5)cc4)cc3C2=O)C(=O)N1. The number of hydrogen-bond donors (Lipinski definition) is 2. The molecule has 2 N–H and O–H groups in total. The van der Waals surface area contributed by atoms with E-state index in [0.29, 0.717) is 37.3 Å². The smallest absolute Gasteiger partial charge is 0.284 e. The van der Waals surface area contributed by atoms with Gasteiger partial charge < -0.3 is 14.5 Å². The molecular formula is C39H35F2N7O7. The number of pyridine rings is 1. The topological polar surface area (TPSA) is 179 Å². The Hall–Kier alpha value is -6.42. The summed E-state index contributed by atoms with van der Waals surface area (Å²) in [6.07, 6.45) is 6.64. The monoisotopic (exact) mass is 751 g/mol. The lowest BCUT2D eigenvalue weighted by Gasteiger charge is -2.27. The zero-order valence-electron chi connectivity index (χ0n) is 29.4. The summed E-state index contributed by atoms with van der Waals surface area (Å²) in [4.78, 5) is 71.6. The number of imide groups is 2. The van der Waals surface area contributed by atoms with Crippen molar-refractivity contribution in [3.05, 3.63) is 113 Å². The summed E-state index contributed by atoms with van der Waals surface area (Å²) in [6.45, 7) is 1.08. The Labute approximate surface area is 312 Å². The largest absolute Gasteiger partial charge is 0.444 e. The number of benzene rings is 2. The second kappa shape index (κ2) is 16.3. The van der Waals surface area contributed by atoms with Crippen LogP contribution in [0.15, 0.2) is 83.9 Å². The van der Waals surface area contributed by atoms with Crippen molar-refractivity contribution in [2.75, 3.05) is 18.5 Å². The van der Waals surface area contributed by atoms with Gasteiger partial charge in [0, 0.05) is 37.6 Å². The molecular weight excluding hydrogens is 716 g/mol. The van der Waals surface area contributed by atoms with Gasteiger partial charge in [-0.05, 0) is 86.1 Å². The van der Waals surface area contributed by atoms with Gasteiger partial charge in [-0.25, -0.2) is 18.4 Å². The molecule has 2 aliphatic heterocycles. The number of piperidine rings is 1. The van der Waals surface area contributed by atoms with Crippen LogP contribution >= 0.6 is 0 Å². The molecule has 14 nitrogen and oxygen atoms in total. The first kappa shape index (κ1) is 36.9. The third-order valence-corrected chi connectivity index (χ3v) is 9.33. The highest BCUT2D eigenvalue weighted by atomic mass is 19.3. The summed E-state index contributed by atoms with van der Waals surface area (Å²) >= 11 is 0. The van der Waals surface area contributed by atoms with Crippen molar-refractivity contribution < 1.29 is 41.9 Å². The number of alkyl halides is 2. The van der Waals surface area contributed by atoms with Crippen LogP contribution in [-0.4, -0.2) is 73.4 Å². The molecule has 7 rings (SSSR count). The maximum atomic E-state index is 13.9. The Bertz CT molecular complexity index is 2240. The van der Waals surface area contributed by atoms with E-state index in [1.54, 1.807) is 54.9 Å². The lowest BCUT2D eigenvalue weighted by molar-refractivity contribution is -0.136. The van der Waals surface area contributed by atoms with E-state index in [2.05, 4.69) is 25.7 Å². The number of aryl methyl sites for hydroxylation is 2. The van der Waals surface area contributed by atoms with Gasteiger partial charge in [0.05, 0.1) is 28.7 Å². The summed E-state index contributed by atoms with van der Waals surface area (Å²) in [5.41, 5.74) is 2.80. The molecule has 55 heavy (non-hydrogen) atoms. The number of halogens is 2. The number of nitrogens with one attached hydrogen (secondary N) is 2. The molecule has 1 atom stereocenters. The van der Waals surface area contributed by atoms with E-state index in [0.717, 1.165) is 41.6 Å². The number of carbonyl (C=O) groups excluding carboxylic acids is 5. The first-order valence-corrected chi connectivity index (χ1v) is 17.7. The quantitative estimate of drug-likeness (QED) is 0.103. The standard InChI is InChI=1S/C39H35F2N7O7/c40-34(41)33-29(43-35(50)30-22-55-37(44-30)25-14-16-42-17-15-25)21-47(46-33)26-9-6-23(7-10-26)4-1-2-18-54-19-3-5-24-8-11-27-28(20-24)39(53)48(38(27)52)31-12-13-32(49)45-36(31)51/h6-11,14-17,20-22,31,34H,1-5,12-13,18-19H2,(H,43,50)(H,45,49,51). The summed E-state index contributed by atoms with van der Waals surface area (Å²) in [7, 11) is 0. The number of oxazole rings is 1. The molecule has 2 aromatic carbocycles. The first-order chi connectivity index (χ1) is 26.7. The number of nitrogens with zero attached hydrogens (tertiary/aromatic N) is 5. The second-order valence-corrected chi connectivity index (χ2v) is 13.1. The van der Waals surface area contributed by atoms with Gasteiger partial charge >= 0.3 is 0 Å². The third-order valence-electron chi connectivity index (χ3n) is 9.33. The fraction of sp³-hybridized carbons (Fsp3) is 0.282. The molecule has 16 heteroatoms. The summed E-state index contributed by atoms with van der Waals surface area (Å²) < 4.78 is 40.2. The fourth-order valence-corrected chi connectivity index (χ4v) is 6.47. The van der Waals surface area contributed by atoms with Crippen LogP contribution in [0.1, 0.15) is 86.6 Å². The number of rotatable bonds is 15. The number of aromatic nitrogens is 4. The maximum Gasteiger partial charge on any atom is 0.284 e. The molecule has 1 fully saturated rings. The molecule has 0 bridgehead atoms. The van der Waals surface area contributed by atoms with Gasteiger partial charge in [-0.1, -0.05) is 18.2 Å². The van der Waals surface area contributed by atoms with Gasteiger partial charge in [-0.2, -0.15) is 5.10 Å². The van der Waals surface area contributed by atoms with Gasteiger partial charge in [0.25, 0.3) is 24.1 Å². The number of carbonyl (C=O) groups is 5. The molecule has 3 aromatic heterocycles. The average molecular weight is 752 g/mol. The summed E-state index contributed by atoms with van der Waals surface area (Å²) in [5, 5.41) is 8.68. The van der Waals surface area contributed by atoms with Crippen molar-refractivity contribution >= 4 is 35.2 Å². The minimum atomic E-state index is -2.93. The van der Waals surface area contributed by atoms with Crippen LogP contribution in [0.25, 0.3) is 17.1 Å². The van der Waals surface area contributed by atoms with E-state index in [-0.39, 0.29) is 41.2 Å². The van der Waals surface area contributed by atoms with E-state index in [4.69, 9.17) is 9.15 Å². The van der Waals surface area contributed by atoms with Crippen LogP contribution < -0.4 is 10.6 Å². The lowest BCUT2D eigenvalue weighted by Crippen LogP contribution is -2.54. The molecule has 5 heterocycles. The average Bonchev–Trinajstić information content (AvgIpc) is 3.91. The van der Waals surface area contributed by atoms with E-state index in [1.807, 2.05) is 12.1 Å². The predicted molar refractivity (Wildman–Crippen MR) is 191 cm³/mol. The van der Waals surface area contributed by atoms with Gasteiger partial charge in [0.15, 0.2) is 11.4 Å². The molecule has 1 unspecified atom stereocenters. The number of ether oxygens (including phenoxy) is 1. The Morgan fingerprint density at radius 1 is 0.927 bits per heavy atom. The van der Waals surface area contributed by atoms with E-state index in [9.17, 15) is 32.8 Å². The van der Waals surface area contributed by atoms with Crippen molar-refractivity contribution in [2.24, 2.45) is 0 Å². The highest BCUT2D eigenvalue weighted by molar-refractivity contribution is 6.23. The molecule has 5 aromatic rings. The number of anilines is 1. The number of unbranched alkanes of at least 4 members (excludes halogenated alkanes) is 1. The minimum Gasteiger partial charge on any atom is -0.444 e. The zero-order valence-corrected chi connectivity index (χ0v) is 29.4. The normalized spacial score (nSPS) is 15.5. The van der Waals surface area contributed by atoms with Gasteiger partial charge in [0.2, 0.25) is 17.7 Å². The Balaban J connectivity index is 0.836. The van der Waals surface area contributed by atoms with Crippen molar-refractivity contribution in [1.29, 1.82) is 0 Å². The fourth-order valence-electron chi connectivity index (χ4n) is 6.47. The molecule has 0 spiro atoms.